The van der Waals surface area contributed by atoms with Gasteiger partial charge in [-0.05, 0) is 30.7 Å². The smallest absolute Gasteiger partial charge is 0.311 e. The van der Waals surface area contributed by atoms with E-state index in [1.54, 1.807) is 0 Å². The van der Waals surface area contributed by atoms with Crippen LogP contribution in [0.4, 0.5) is 23.1 Å². The van der Waals surface area contributed by atoms with Crippen LogP contribution in [0.25, 0.3) is 11.2 Å². The second-order valence-corrected chi connectivity index (χ2v) is 10.1. The highest BCUT2D eigenvalue weighted by atomic mass is 16.5. The number of hydrogen-bond donors (Lipinski definition) is 5. The summed E-state index contributed by atoms with van der Waals surface area (Å²) in [6, 6.07) is 6.33. The number of benzene rings is 2. The predicted octanol–water partition coefficient (Wildman–Crippen LogP) is 1.48. The van der Waals surface area contributed by atoms with Gasteiger partial charge in [0.25, 0.3) is 23.6 Å². The lowest BCUT2D eigenvalue weighted by atomic mass is 10.0. The fourth-order valence-electron chi connectivity index (χ4n) is 4.72. The number of nitrogen functional groups attached to an aromatic ring is 3. The van der Waals surface area contributed by atoms with E-state index in [-0.39, 0.29) is 81.0 Å². The minimum atomic E-state index is -1.02. The molecule has 0 spiro atoms. The summed E-state index contributed by atoms with van der Waals surface area (Å²) in [5.41, 5.74) is 22.9. The summed E-state index contributed by atoms with van der Waals surface area (Å²) in [6.45, 7) is 1.76. The molecule has 45 heavy (non-hydrogen) atoms. The molecule has 1 aliphatic rings. The molecule has 0 saturated heterocycles. The van der Waals surface area contributed by atoms with Crippen molar-refractivity contribution in [2.75, 3.05) is 22.1 Å². The van der Waals surface area contributed by atoms with Crippen LogP contribution in [0, 0.1) is 0 Å². The minimum Gasteiger partial charge on any atom is -0.426 e. The molecule has 2 aromatic heterocycles. The SMILES string of the molecule is CCCCCC(=O)Oc1cc(N2C(=O)c3ccc(N)cc3C2=O)c(C(=O)NCc2cnc3nc(N)nc(N)c3n2)cc1C(N)=O. The lowest BCUT2D eigenvalue weighted by molar-refractivity contribution is -0.134. The maximum absolute atomic E-state index is 13.6. The van der Waals surface area contributed by atoms with E-state index in [1.807, 2.05) is 6.92 Å². The molecule has 0 bridgehead atoms. The van der Waals surface area contributed by atoms with Crippen molar-refractivity contribution in [1.29, 1.82) is 0 Å². The Labute approximate surface area is 255 Å². The molecule has 0 atom stereocenters. The number of anilines is 4. The van der Waals surface area contributed by atoms with E-state index in [0.717, 1.165) is 29.9 Å². The first-order chi connectivity index (χ1) is 21.5. The summed E-state index contributed by atoms with van der Waals surface area (Å²) >= 11 is 0. The molecular formula is C29H28N10O6. The number of nitrogens with one attached hydrogen (secondary N) is 1. The molecule has 0 saturated carbocycles. The average molecular weight is 613 g/mol. The van der Waals surface area contributed by atoms with E-state index in [2.05, 4.69) is 25.3 Å². The second kappa shape index (κ2) is 12.2. The Morgan fingerprint density at radius 3 is 2.42 bits per heavy atom. The molecule has 0 unspecified atom stereocenters. The zero-order valence-electron chi connectivity index (χ0n) is 24.0. The Kier molecular flexibility index (Phi) is 8.21. The van der Waals surface area contributed by atoms with Gasteiger partial charge in [0, 0.05) is 18.2 Å². The van der Waals surface area contributed by atoms with Crippen LogP contribution in [0.2, 0.25) is 0 Å². The number of amides is 4. The Morgan fingerprint density at radius 1 is 0.933 bits per heavy atom. The first-order valence-electron chi connectivity index (χ1n) is 13.8. The van der Waals surface area contributed by atoms with Gasteiger partial charge in [-0.2, -0.15) is 9.97 Å². The van der Waals surface area contributed by atoms with Gasteiger partial charge in [-0.15, -0.1) is 0 Å². The fourth-order valence-corrected chi connectivity index (χ4v) is 4.72. The van der Waals surface area contributed by atoms with Crippen LogP contribution in [-0.2, 0) is 11.3 Å². The van der Waals surface area contributed by atoms with Crippen molar-refractivity contribution < 1.29 is 28.7 Å². The molecule has 2 aromatic carbocycles. The first kappa shape index (κ1) is 30.3. The summed E-state index contributed by atoms with van der Waals surface area (Å²) in [5, 5.41) is 2.62. The normalized spacial score (nSPS) is 12.3. The second-order valence-electron chi connectivity index (χ2n) is 10.1. The minimum absolute atomic E-state index is 0.00956. The number of hydrogen-bond acceptors (Lipinski definition) is 13. The zero-order chi connectivity index (χ0) is 32.4. The van der Waals surface area contributed by atoms with E-state index in [0.29, 0.717) is 6.42 Å². The molecule has 4 aromatic rings. The summed E-state index contributed by atoms with van der Waals surface area (Å²) in [7, 11) is 0. The highest BCUT2D eigenvalue weighted by molar-refractivity contribution is 6.35. The molecule has 230 valence electrons. The molecule has 3 heterocycles. The molecule has 5 rings (SSSR count). The Balaban J connectivity index is 1.54. The molecular weight excluding hydrogens is 584 g/mol. The van der Waals surface area contributed by atoms with Gasteiger partial charge in [-0.3, -0.25) is 24.0 Å². The summed E-state index contributed by atoms with van der Waals surface area (Å²) in [4.78, 5) is 82.7. The molecule has 9 N–H and O–H groups in total. The van der Waals surface area contributed by atoms with Gasteiger partial charge >= 0.3 is 5.97 Å². The van der Waals surface area contributed by atoms with Crippen molar-refractivity contribution in [3.63, 3.8) is 0 Å². The third-order valence-corrected chi connectivity index (χ3v) is 6.90. The topological polar surface area (TPSA) is 265 Å². The maximum Gasteiger partial charge on any atom is 0.311 e. The number of imide groups is 1. The van der Waals surface area contributed by atoms with Gasteiger partial charge in [0.2, 0.25) is 5.95 Å². The summed E-state index contributed by atoms with van der Waals surface area (Å²) in [6.07, 6.45) is 3.55. The van der Waals surface area contributed by atoms with Crippen molar-refractivity contribution in [3.05, 3.63) is 64.5 Å². The molecule has 4 amide bonds. The number of nitrogens with zero attached hydrogens (tertiary/aromatic N) is 5. The van der Waals surface area contributed by atoms with E-state index in [4.69, 9.17) is 27.7 Å². The first-order valence-corrected chi connectivity index (χ1v) is 13.8. The highest BCUT2D eigenvalue weighted by Crippen LogP contribution is 2.36. The number of rotatable bonds is 10. The molecule has 0 aliphatic carbocycles. The van der Waals surface area contributed by atoms with Crippen molar-refractivity contribution in [2.45, 2.75) is 39.2 Å². The number of esters is 1. The van der Waals surface area contributed by atoms with E-state index in [1.165, 1.54) is 24.4 Å². The molecule has 0 fully saturated rings. The highest BCUT2D eigenvalue weighted by Gasteiger charge is 2.39. The fraction of sp³-hybridized carbons (Fsp3) is 0.207. The number of carbonyl (C=O) groups excluding carboxylic acids is 5. The molecule has 16 heteroatoms. The van der Waals surface area contributed by atoms with Gasteiger partial charge < -0.3 is 33.0 Å². The average Bonchev–Trinajstić information content (AvgIpc) is 3.24. The molecule has 1 aliphatic heterocycles. The van der Waals surface area contributed by atoms with E-state index < -0.39 is 29.6 Å². The maximum atomic E-state index is 13.6. The monoisotopic (exact) mass is 612 g/mol. The Morgan fingerprint density at radius 2 is 1.69 bits per heavy atom. The Hall–Kier alpha value is -6.19. The zero-order valence-corrected chi connectivity index (χ0v) is 24.0. The van der Waals surface area contributed by atoms with Gasteiger partial charge in [-0.1, -0.05) is 19.8 Å². The van der Waals surface area contributed by atoms with Gasteiger partial charge in [0.15, 0.2) is 17.0 Å². The van der Waals surface area contributed by atoms with Crippen LogP contribution in [0.5, 0.6) is 5.75 Å². The van der Waals surface area contributed by atoms with Crippen LogP contribution in [0.3, 0.4) is 0 Å². The summed E-state index contributed by atoms with van der Waals surface area (Å²) < 4.78 is 5.45. The molecule has 16 nitrogen and oxygen atoms in total. The van der Waals surface area contributed by atoms with Crippen LogP contribution >= 0.6 is 0 Å². The van der Waals surface area contributed by atoms with Crippen molar-refractivity contribution in [3.8, 4) is 5.75 Å². The van der Waals surface area contributed by atoms with Crippen molar-refractivity contribution in [1.82, 2.24) is 25.3 Å². The number of fused-ring (bicyclic) bond motifs is 2. The van der Waals surface area contributed by atoms with Crippen molar-refractivity contribution in [2.24, 2.45) is 5.73 Å². The van der Waals surface area contributed by atoms with Crippen molar-refractivity contribution >= 4 is 63.9 Å². The number of ether oxygens (including phenoxy) is 1. The number of aromatic nitrogens is 4. The van der Waals surface area contributed by atoms with Gasteiger partial charge in [0.05, 0.1) is 46.4 Å². The number of unbranched alkanes of at least 4 members (excludes halogenated alkanes) is 2. The van der Waals surface area contributed by atoms with Gasteiger partial charge in [0.1, 0.15) is 5.75 Å². The third kappa shape index (κ3) is 6.01. The largest absolute Gasteiger partial charge is 0.426 e. The van der Waals surface area contributed by atoms with Crippen LogP contribution in [0.1, 0.15) is 79.7 Å². The standard InChI is InChI=1S/C29H28N10O6/c1-2-3-4-5-21(40)45-20-10-19(39-27(43)15-7-6-13(30)8-16(15)28(39)44)17(9-18(20)24(32)41)26(42)35-12-14-11-34-25-22(36-14)23(31)37-29(33)38-25/h6-11H,2-5,12,30H2,1H3,(H2,32,41)(H,35,42)(H4,31,33,34,37,38). The third-order valence-electron chi connectivity index (χ3n) is 6.90. The lowest BCUT2D eigenvalue weighted by Crippen LogP contribution is -2.33. The molecule has 0 radical (unpaired) electrons. The number of nitrogens with two attached hydrogens (primary N) is 4. The number of primary amides is 1. The van der Waals surface area contributed by atoms with Crippen LogP contribution in [-0.4, -0.2) is 49.5 Å². The van der Waals surface area contributed by atoms with Crippen LogP contribution < -0.4 is 37.9 Å². The number of carbonyl (C=O) groups is 5. The van der Waals surface area contributed by atoms with E-state index in [9.17, 15) is 24.0 Å². The summed E-state index contributed by atoms with van der Waals surface area (Å²) in [5.74, 6) is -4.46. The predicted molar refractivity (Wildman–Crippen MR) is 162 cm³/mol. The van der Waals surface area contributed by atoms with Crippen LogP contribution in [0.15, 0.2) is 36.5 Å². The lowest BCUT2D eigenvalue weighted by Gasteiger charge is -2.20. The Bertz CT molecular complexity index is 1910. The van der Waals surface area contributed by atoms with Gasteiger partial charge in [-0.25, -0.2) is 14.9 Å². The van der Waals surface area contributed by atoms with E-state index >= 15 is 0 Å². The quantitative estimate of drug-likeness (QED) is 0.0559.